The molecule has 1 amide bonds. The number of carbonyl (C=O) groups excluding carboxylic acids is 1. The van der Waals surface area contributed by atoms with Crippen LogP contribution in [0.15, 0.2) is 59.1 Å². The lowest BCUT2D eigenvalue weighted by molar-refractivity contribution is -0.142. The van der Waals surface area contributed by atoms with Crippen molar-refractivity contribution in [2.45, 2.75) is 25.3 Å². The molecule has 0 radical (unpaired) electrons. The highest BCUT2D eigenvalue weighted by Crippen LogP contribution is 2.26. The number of aromatic amines is 1. The van der Waals surface area contributed by atoms with Gasteiger partial charge in [0.05, 0.1) is 0 Å². The minimum Gasteiger partial charge on any atom is -0.480 e. The van der Waals surface area contributed by atoms with Crippen molar-refractivity contribution in [3.63, 3.8) is 0 Å². The molecule has 32 heavy (non-hydrogen) atoms. The molecular weight excluding hydrogens is 408 g/mol. The Hall–Kier alpha value is -3.81. The zero-order chi connectivity index (χ0) is 22.1. The lowest BCUT2D eigenvalue weighted by atomic mass is 9.95. The number of carbonyl (C=O) groups is 2. The van der Waals surface area contributed by atoms with E-state index in [4.69, 9.17) is 4.42 Å². The van der Waals surface area contributed by atoms with Gasteiger partial charge in [-0.3, -0.25) is 4.79 Å². The molecular formula is C24H24N4O4. The van der Waals surface area contributed by atoms with E-state index >= 15 is 0 Å². The Morgan fingerprint density at radius 3 is 2.69 bits per heavy atom. The van der Waals surface area contributed by atoms with Gasteiger partial charge in [-0.15, -0.1) is 0 Å². The number of oxazole rings is 1. The maximum absolute atomic E-state index is 12.8. The van der Waals surface area contributed by atoms with E-state index in [-0.39, 0.29) is 18.2 Å². The average molecular weight is 432 g/mol. The molecule has 0 bridgehead atoms. The average Bonchev–Trinajstić information content (AvgIpc) is 3.43. The van der Waals surface area contributed by atoms with Crippen LogP contribution in [0, 0.1) is 5.92 Å². The van der Waals surface area contributed by atoms with Crippen molar-refractivity contribution in [1.82, 2.24) is 15.3 Å². The van der Waals surface area contributed by atoms with E-state index in [1.54, 1.807) is 0 Å². The number of nitrogens with one attached hydrogen (secondary N) is 2. The molecule has 0 saturated carbocycles. The lowest BCUT2D eigenvalue weighted by Crippen LogP contribution is -2.47. The molecule has 2 aromatic heterocycles. The van der Waals surface area contributed by atoms with Gasteiger partial charge in [-0.25, -0.2) is 4.79 Å². The van der Waals surface area contributed by atoms with Gasteiger partial charge in [-0.05, 0) is 36.6 Å². The Labute approximate surface area is 184 Å². The summed E-state index contributed by atoms with van der Waals surface area (Å²) in [5, 5.41) is 13.4. The van der Waals surface area contributed by atoms with Crippen molar-refractivity contribution >= 4 is 39.9 Å². The van der Waals surface area contributed by atoms with Crippen LogP contribution in [-0.2, 0) is 16.0 Å². The second kappa shape index (κ2) is 8.37. The van der Waals surface area contributed by atoms with Gasteiger partial charge in [0.25, 0.3) is 6.01 Å². The Balaban J connectivity index is 1.21. The summed E-state index contributed by atoms with van der Waals surface area (Å²) in [6, 6.07) is 14.9. The molecule has 1 saturated heterocycles. The lowest BCUT2D eigenvalue weighted by Gasteiger charge is -2.30. The normalized spacial score (nSPS) is 15.8. The number of hydrogen-bond acceptors (Lipinski definition) is 5. The zero-order valence-corrected chi connectivity index (χ0v) is 17.5. The molecule has 3 N–H and O–H groups in total. The van der Waals surface area contributed by atoms with Crippen LogP contribution in [0.25, 0.3) is 22.0 Å². The molecule has 4 aromatic rings. The standard InChI is InChI=1S/C24H24N4O4/c29-22(26-20(23(30)31)13-16-14-25-18-6-2-1-5-17(16)18)15-9-11-28(12-10-15)24-27-19-7-3-4-8-21(19)32-24/h1-8,14-15,20,25H,9-13H2,(H,26,29)(H,30,31). The van der Waals surface area contributed by atoms with Gasteiger partial charge < -0.3 is 24.7 Å². The number of hydrogen-bond donors (Lipinski definition) is 3. The number of aromatic nitrogens is 2. The van der Waals surface area contributed by atoms with Gasteiger partial charge in [0, 0.05) is 42.5 Å². The number of fused-ring (bicyclic) bond motifs is 2. The molecule has 3 heterocycles. The summed E-state index contributed by atoms with van der Waals surface area (Å²) < 4.78 is 5.83. The highest BCUT2D eigenvalue weighted by atomic mass is 16.4. The Kier molecular flexibility index (Phi) is 5.26. The van der Waals surface area contributed by atoms with E-state index in [0.29, 0.717) is 31.9 Å². The fourth-order valence-corrected chi connectivity index (χ4v) is 4.34. The quantitative estimate of drug-likeness (QED) is 0.431. The number of amides is 1. The van der Waals surface area contributed by atoms with E-state index < -0.39 is 12.0 Å². The minimum absolute atomic E-state index is 0.213. The number of aliphatic carboxylic acids is 1. The highest BCUT2D eigenvalue weighted by Gasteiger charge is 2.30. The third kappa shape index (κ3) is 3.91. The predicted octanol–water partition coefficient (Wildman–Crippen LogP) is 3.34. The van der Waals surface area contributed by atoms with E-state index in [2.05, 4.69) is 15.3 Å². The van der Waals surface area contributed by atoms with Crippen molar-refractivity contribution < 1.29 is 19.1 Å². The summed E-state index contributed by atoms with van der Waals surface area (Å²) in [6.45, 7) is 1.26. The summed E-state index contributed by atoms with van der Waals surface area (Å²) in [5.41, 5.74) is 3.37. The van der Waals surface area contributed by atoms with Crippen LogP contribution in [0.4, 0.5) is 6.01 Å². The molecule has 1 fully saturated rings. The van der Waals surface area contributed by atoms with Crippen LogP contribution >= 0.6 is 0 Å². The molecule has 164 valence electrons. The number of carboxylic acid groups (broad SMARTS) is 1. The second-order valence-electron chi connectivity index (χ2n) is 8.19. The SMILES string of the molecule is O=C(NC(Cc1c[nH]c2ccccc12)C(=O)O)C1CCN(c2nc3ccccc3o2)CC1. The monoisotopic (exact) mass is 432 g/mol. The number of H-pyrrole nitrogens is 1. The van der Waals surface area contributed by atoms with Crippen molar-refractivity contribution in [2.24, 2.45) is 5.92 Å². The fraction of sp³-hybridized carbons (Fsp3) is 0.292. The summed E-state index contributed by atoms with van der Waals surface area (Å²) in [5.74, 6) is -1.48. The first-order chi connectivity index (χ1) is 15.6. The maximum atomic E-state index is 12.8. The van der Waals surface area contributed by atoms with Crippen LogP contribution in [-0.4, -0.2) is 46.1 Å². The first-order valence-corrected chi connectivity index (χ1v) is 10.8. The first-order valence-electron chi connectivity index (χ1n) is 10.8. The summed E-state index contributed by atoms with van der Waals surface area (Å²) >= 11 is 0. The molecule has 0 spiro atoms. The van der Waals surface area contributed by atoms with Gasteiger partial charge in [0.1, 0.15) is 11.6 Å². The van der Waals surface area contributed by atoms with Crippen molar-refractivity contribution in [3.05, 3.63) is 60.3 Å². The van der Waals surface area contributed by atoms with Gasteiger partial charge in [0.2, 0.25) is 5.91 Å². The number of anilines is 1. The van der Waals surface area contributed by atoms with Gasteiger partial charge in [-0.1, -0.05) is 30.3 Å². The zero-order valence-electron chi connectivity index (χ0n) is 17.5. The van der Waals surface area contributed by atoms with Crippen molar-refractivity contribution in [1.29, 1.82) is 0 Å². The van der Waals surface area contributed by atoms with Gasteiger partial charge in [0.15, 0.2) is 5.58 Å². The molecule has 1 atom stereocenters. The predicted molar refractivity (Wildman–Crippen MR) is 121 cm³/mol. The second-order valence-corrected chi connectivity index (χ2v) is 8.19. The number of benzene rings is 2. The molecule has 1 unspecified atom stereocenters. The largest absolute Gasteiger partial charge is 0.480 e. The van der Waals surface area contributed by atoms with E-state index in [0.717, 1.165) is 27.6 Å². The summed E-state index contributed by atoms with van der Waals surface area (Å²) in [4.78, 5) is 34.4. The van der Waals surface area contributed by atoms with Crippen LogP contribution in [0.2, 0.25) is 0 Å². The van der Waals surface area contributed by atoms with Crippen LogP contribution in [0.3, 0.4) is 0 Å². The molecule has 8 heteroatoms. The number of nitrogens with zero attached hydrogens (tertiary/aromatic N) is 2. The van der Waals surface area contributed by atoms with E-state index in [9.17, 15) is 14.7 Å². The number of para-hydroxylation sites is 3. The Morgan fingerprint density at radius 2 is 1.91 bits per heavy atom. The van der Waals surface area contributed by atoms with Gasteiger partial charge >= 0.3 is 5.97 Å². The smallest absolute Gasteiger partial charge is 0.326 e. The summed E-state index contributed by atoms with van der Waals surface area (Å²) in [7, 11) is 0. The van der Waals surface area contributed by atoms with Crippen LogP contribution in [0.1, 0.15) is 18.4 Å². The maximum Gasteiger partial charge on any atom is 0.326 e. The van der Waals surface area contributed by atoms with Gasteiger partial charge in [-0.2, -0.15) is 4.98 Å². The van der Waals surface area contributed by atoms with Crippen molar-refractivity contribution in [2.75, 3.05) is 18.0 Å². The van der Waals surface area contributed by atoms with Crippen molar-refractivity contribution in [3.8, 4) is 0 Å². The highest BCUT2D eigenvalue weighted by molar-refractivity contribution is 5.87. The minimum atomic E-state index is -1.03. The fourth-order valence-electron chi connectivity index (χ4n) is 4.34. The molecule has 8 nitrogen and oxygen atoms in total. The topological polar surface area (TPSA) is 111 Å². The Morgan fingerprint density at radius 1 is 1.16 bits per heavy atom. The Bertz CT molecular complexity index is 1240. The van der Waals surface area contributed by atoms with Crippen LogP contribution in [0.5, 0.6) is 0 Å². The number of carboxylic acids is 1. The third-order valence-electron chi connectivity index (χ3n) is 6.13. The summed E-state index contributed by atoms with van der Waals surface area (Å²) in [6.07, 6.45) is 3.27. The number of piperidine rings is 1. The number of rotatable bonds is 6. The molecule has 0 aliphatic carbocycles. The molecule has 1 aliphatic heterocycles. The molecule has 5 rings (SSSR count). The molecule has 1 aliphatic rings. The van der Waals surface area contributed by atoms with E-state index in [1.165, 1.54) is 0 Å². The first kappa shape index (κ1) is 20.1. The van der Waals surface area contributed by atoms with Crippen LogP contribution < -0.4 is 10.2 Å². The third-order valence-corrected chi connectivity index (χ3v) is 6.13. The molecule has 2 aromatic carbocycles. The van der Waals surface area contributed by atoms with E-state index in [1.807, 2.05) is 59.6 Å².